The van der Waals surface area contributed by atoms with Crippen LogP contribution in [-0.4, -0.2) is 32.2 Å². The van der Waals surface area contributed by atoms with Crippen molar-refractivity contribution in [2.24, 2.45) is 17.1 Å². The van der Waals surface area contributed by atoms with Crippen molar-refractivity contribution in [3.05, 3.63) is 0 Å². The lowest BCUT2D eigenvalue weighted by molar-refractivity contribution is -0.133. The molecule has 1 unspecified atom stereocenters. The second-order valence-electron chi connectivity index (χ2n) is 6.94. The maximum atomic E-state index is 12.9. The van der Waals surface area contributed by atoms with Crippen molar-refractivity contribution in [1.29, 1.82) is 0 Å². The summed E-state index contributed by atoms with van der Waals surface area (Å²) in [7, 11) is 1.71. The van der Waals surface area contributed by atoms with Gasteiger partial charge in [-0.1, -0.05) is 32.1 Å². The van der Waals surface area contributed by atoms with Gasteiger partial charge in [-0.3, -0.25) is 4.79 Å². The van der Waals surface area contributed by atoms with E-state index in [2.05, 4.69) is 5.32 Å². The molecule has 1 atom stereocenters. The quantitative estimate of drug-likeness (QED) is 0.753. The Balaban J connectivity index is 0.00000242. The molecule has 22 heavy (non-hydrogen) atoms. The summed E-state index contributed by atoms with van der Waals surface area (Å²) in [5.41, 5.74) is 5.76. The first-order chi connectivity index (χ1) is 10.2. The molecule has 3 N–H and O–H groups in total. The van der Waals surface area contributed by atoms with Crippen LogP contribution >= 0.6 is 12.4 Å². The number of rotatable bonds is 7. The van der Waals surface area contributed by atoms with Crippen LogP contribution in [0, 0.1) is 11.3 Å². The number of amides is 1. The van der Waals surface area contributed by atoms with Crippen LogP contribution in [0.3, 0.4) is 0 Å². The van der Waals surface area contributed by atoms with E-state index in [1.165, 1.54) is 32.1 Å². The predicted octanol–water partition coefficient (Wildman–Crippen LogP) is 3.03. The van der Waals surface area contributed by atoms with Crippen LogP contribution < -0.4 is 11.1 Å². The van der Waals surface area contributed by atoms with Crippen molar-refractivity contribution in [3.8, 4) is 0 Å². The summed E-state index contributed by atoms with van der Waals surface area (Å²) in [4.78, 5) is 12.9. The van der Waals surface area contributed by atoms with Gasteiger partial charge in [-0.2, -0.15) is 0 Å². The molecule has 2 rings (SSSR count). The van der Waals surface area contributed by atoms with Crippen molar-refractivity contribution in [1.82, 2.24) is 5.32 Å². The second-order valence-corrected chi connectivity index (χ2v) is 6.94. The van der Waals surface area contributed by atoms with E-state index < -0.39 is 0 Å². The van der Waals surface area contributed by atoms with Gasteiger partial charge in [-0.25, -0.2) is 0 Å². The topological polar surface area (TPSA) is 64.3 Å². The van der Waals surface area contributed by atoms with Crippen molar-refractivity contribution < 1.29 is 9.53 Å². The van der Waals surface area contributed by atoms with E-state index >= 15 is 0 Å². The Labute approximate surface area is 141 Å². The molecular formula is C17H33ClN2O2. The number of hydrogen-bond acceptors (Lipinski definition) is 3. The molecule has 0 saturated heterocycles. The maximum absolute atomic E-state index is 12.9. The van der Waals surface area contributed by atoms with E-state index in [4.69, 9.17) is 10.5 Å². The number of carbonyl (C=O) groups is 1. The van der Waals surface area contributed by atoms with Gasteiger partial charge in [-0.05, 0) is 38.0 Å². The van der Waals surface area contributed by atoms with Crippen LogP contribution in [0.4, 0.5) is 0 Å². The summed E-state index contributed by atoms with van der Waals surface area (Å²) >= 11 is 0. The number of halogens is 1. The number of nitrogens with one attached hydrogen (secondary N) is 1. The van der Waals surface area contributed by atoms with Crippen LogP contribution in [-0.2, 0) is 9.53 Å². The summed E-state index contributed by atoms with van der Waals surface area (Å²) < 4.78 is 5.22. The maximum Gasteiger partial charge on any atom is 0.226 e. The molecule has 0 aliphatic heterocycles. The van der Waals surface area contributed by atoms with Gasteiger partial charge in [0.25, 0.3) is 0 Å². The minimum atomic E-state index is -0.196. The van der Waals surface area contributed by atoms with Crippen LogP contribution in [0.1, 0.15) is 64.2 Å². The number of hydrogen-bond donors (Lipinski definition) is 2. The first-order valence-corrected chi connectivity index (χ1v) is 8.72. The first-order valence-electron chi connectivity index (χ1n) is 8.72. The second kappa shape index (κ2) is 9.74. The predicted molar refractivity (Wildman–Crippen MR) is 92.2 cm³/mol. The van der Waals surface area contributed by atoms with Crippen molar-refractivity contribution in [2.75, 3.05) is 20.3 Å². The third-order valence-corrected chi connectivity index (χ3v) is 5.62. The Morgan fingerprint density at radius 3 is 2.41 bits per heavy atom. The Morgan fingerprint density at radius 1 is 1.23 bits per heavy atom. The fourth-order valence-corrected chi connectivity index (χ4v) is 4.17. The minimum absolute atomic E-state index is 0. The number of ether oxygens (including phenoxy) is 1. The molecule has 4 nitrogen and oxygen atoms in total. The van der Waals surface area contributed by atoms with Crippen molar-refractivity contribution in [3.63, 3.8) is 0 Å². The van der Waals surface area contributed by atoms with E-state index in [1.807, 2.05) is 0 Å². The van der Waals surface area contributed by atoms with E-state index in [0.717, 1.165) is 32.1 Å². The van der Waals surface area contributed by atoms with Gasteiger partial charge < -0.3 is 15.8 Å². The van der Waals surface area contributed by atoms with Crippen molar-refractivity contribution >= 4 is 18.3 Å². The number of nitrogens with two attached hydrogens (primary N) is 1. The van der Waals surface area contributed by atoms with Crippen LogP contribution in [0.15, 0.2) is 0 Å². The molecule has 0 radical (unpaired) electrons. The normalized spacial score (nSPS) is 22.8. The molecule has 130 valence electrons. The fourth-order valence-electron chi connectivity index (χ4n) is 4.17. The van der Waals surface area contributed by atoms with Gasteiger partial charge in [0.15, 0.2) is 0 Å². The van der Waals surface area contributed by atoms with Gasteiger partial charge in [0.05, 0.1) is 5.41 Å². The van der Waals surface area contributed by atoms with E-state index in [9.17, 15) is 4.79 Å². The highest BCUT2D eigenvalue weighted by molar-refractivity contribution is 5.85. The van der Waals surface area contributed by atoms with Gasteiger partial charge >= 0.3 is 0 Å². The summed E-state index contributed by atoms with van der Waals surface area (Å²) in [6.45, 7) is 1.24. The highest BCUT2D eigenvalue weighted by atomic mass is 35.5. The van der Waals surface area contributed by atoms with E-state index in [0.29, 0.717) is 19.1 Å². The average Bonchev–Trinajstić information content (AvgIpc) is 3.01. The Bertz CT molecular complexity index is 327. The highest BCUT2D eigenvalue weighted by Gasteiger charge is 2.41. The van der Waals surface area contributed by atoms with Gasteiger partial charge in [0.1, 0.15) is 0 Å². The standard InChI is InChI=1S/C17H32N2O2.ClH/c1-21-12-11-17(9-5-6-10-17)16(20)19-15(13-18)14-7-3-2-4-8-14;/h14-15H,2-13,18H2,1H3,(H,19,20);1H. The number of carbonyl (C=O) groups excluding carboxylic acids is 1. The molecule has 0 bridgehead atoms. The molecule has 1 amide bonds. The van der Waals surface area contributed by atoms with E-state index in [1.54, 1.807) is 7.11 Å². The first kappa shape index (κ1) is 19.7. The lowest BCUT2D eigenvalue weighted by Crippen LogP contribution is -2.51. The van der Waals surface area contributed by atoms with E-state index in [-0.39, 0.29) is 29.8 Å². The highest BCUT2D eigenvalue weighted by Crippen LogP contribution is 2.41. The smallest absolute Gasteiger partial charge is 0.226 e. The summed E-state index contributed by atoms with van der Waals surface area (Å²) in [6.07, 6.45) is 11.5. The van der Waals surface area contributed by atoms with Crippen molar-refractivity contribution in [2.45, 2.75) is 70.3 Å². The largest absolute Gasteiger partial charge is 0.385 e. The molecule has 2 fully saturated rings. The van der Waals surface area contributed by atoms with Gasteiger partial charge in [-0.15, -0.1) is 12.4 Å². The third kappa shape index (κ3) is 4.84. The lowest BCUT2D eigenvalue weighted by Gasteiger charge is -2.34. The SMILES string of the molecule is COCCC1(C(=O)NC(CN)C2CCCCC2)CCCC1.Cl. The number of methoxy groups -OCH3 is 1. The summed E-state index contributed by atoms with van der Waals surface area (Å²) in [6, 6.07) is 0.165. The molecule has 2 saturated carbocycles. The molecule has 0 heterocycles. The minimum Gasteiger partial charge on any atom is -0.385 e. The van der Waals surface area contributed by atoms with Gasteiger partial charge in [0, 0.05) is 26.3 Å². The molecule has 0 aromatic carbocycles. The van der Waals surface area contributed by atoms with Crippen LogP contribution in [0.5, 0.6) is 0 Å². The van der Waals surface area contributed by atoms with Crippen LogP contribution in [0.25, 0.3) is 0 Å². The summed E-state index contributed by atoms with van der Waals surface area (Å²) in [5.74, 6) is 0.812. The molecular weight excluding hydrogens is 300 g/mol. The molecule has 0 aromatic heterocycles. The zero-order chi connectivity index (χ0) is 15.1. The Kier molecular flexibility index (Phi) is 8.73. The zero-order valence-electron chi connectivity index (χ0n) is 13.9. The Hall–Kier alpha value is -0.320. The monoisotopic (exact) mass is 332 g/mol. The molecule has 5 heteroatoms. The fraction of sp³-hybridized carbons (Fsp3) is 0.941. The molecule has 0 aromatic rings. The van der Waals surface area contributed by atoms with Crippen LogP contribution in [0.2, 0.25) is 0 Å². The lowest BCUT2D eigenvalue weighted by atomic mass is 9.80. The third-order valence-electron chi connectivity index (χ3n) is 5.62. The summed E-state index contributed by atoms with van der Waals surface area (Å²) in [5, 5.41) is 3.31. The molecule has 2 aliphatic carbocycles. The average molecular weight is 333 g/mol. The molecule has 2 aliphatic rings. The Morgan fingerprint density at radius 2 is 1.86 bits per heavy atom. The van der Waals surface area contributed by atoms with Gasteiger partial charge in [0.2, 0.25) is 5.91 Å². The molecule has 0 spiro atoms. The zero-order valence-corrected chi connectivity index (χ0v) is 14.8.